The van der Waals surface area contributed by atoms with Crippen molar-refractivity contribution in [3.05, 3.63) is 35.9 Å². The van der Waals surface area contributed by atoms with Gasteiger partial charge in [0.2, 0.25) is 0 Å². The molecular weight excluding hydrogens is 436 g/mol. The van der Waals surface area contributed by atoms with Crippen LogP contribution in [0.25, 0.3) is 0 Å². The van der Waals surface area contributed by atoms with Crippen molar-refractivity contribution in [2.75, 3.05) is 18.8 Å². The second kappa shape index (κ2) is 13.6. The van der Waals surface area contributed by atoms with Gasteiger partial charge in [0.25, 0.3) is 0 Å². The van der Waals surface area contributed by atoms with Gasteiger partial charge in [0.05, 0.1) is 0 Å². The van der Waals surface area contributed by atoms with Gasteiger partial charge in [-0.1, -0.05) is 74.2 Å². The Hall–Kier alpha value is -2.02. The molecule has 0 saturated heterocycles. The maximum atomic E-state index is 13.3. The zero-order valence-corrected chi connectivity index (χ0v) is 21.4. The Labute approximate surface area is 203 Å². The van der Waals surface area contributed by atoms with E-state index >= 15 is 0 Å². The molecule has 1 aromatic carbocycles. The molecule has 0 aromatic heterocycles. The lowest BCUT2D eigenvalue weighted by Crippen LogP contribution is -2.51. The monoisotopic (exact) mass is 476 g/mol. The molecule has 33 heavy (non-hydrogen) atoms. The third kappa shape index (κ3) is 11.1. The van der Waals surface area contributed by atoms with Crippen LogP contribution in [0.3, 0.4) is 0 Å². The van der Waals surface area contributed by atoms with E-state index in [4.69, 9.17) is 4.74 Å². The highest BCUT2D eigenvalue weighted by atomic mass is 32.2. The van der Waals surface area contributed by atoms with Gasteiger partial charge in [-0.05, 0) is 38.7 Å². The molecule has 0 bridgehead atoms. The van der Waals surface area contributed by atoms with Gasteiger partial charge in [0.15, 0.2) is 5.12 Å². The number of esters is 1. The number of nitrogens with one attached hydrogen (secondary N) is 1. The van der Waals surface area contributed by atoms with Crippen LogP contribution in [0.4, 0.5) is 4.79 Å². The zero-order valence-electron chi connectivity index (χ0n) is 20.6. The van der Waals surface area contributed by atoms with Gasteiger partial charge in [-0.3, -0.25) is 4.79 Å². The fourth-order valence-electron chi connectivity index (χ4n) is 4.09. The number of urea groups is 1. The molecule has 2 rings (SSSR count). The first kappa shape index (κ1) is 27.2. The first-order chi connectivity index (χ1) is 15.6. The van der Waals surface area contributed by atoms with Crippen molar-refractivity contribution < 1.29 is 19.1 Å². The number of hydrogen-bond acceptors (Lipinski definition) is 5. The molecule has 1 N–H and O–H groups in total. The largest absolute Gasteiger partial charge is 0.458 e. The van der Waals surface area contributed by atoms with Crippen LogP contribution in [0.2, 0.25) is 0 Å². The Morgan fingerprint density at radius 1 is 1.09 bits per heavy atom. The van der Waals surface area contributed by atoms with Crippen LogP contribution in [0.15, 0.2) is 30.3 Å². The summed E-state index contributed by atoms with van der Waals surface area (Å²) in [4.78, 5) is 39.3. The molecule has 1 aliphatic rings. The molecule has 1 atom stereocenters. The average molecular weight is 477 g/mol. The summed E-state index contributed by atoms with van der Waals surface area (Å²) in [5.74, 6) is 0.744. The summed E-state index contributed by atoms with van der Waals surface area (Å²) in [5, 5.41) is 2.97. The van der Waals surface area contributed by atoms with Crippen LogP contribution in [-0.2, 0) is 20.7 Å². The second-order valence-electron chi connectivity index (χ2n) is 9.85. The Morgan fingerprint density at radius 3 is 2.36 bits per heavy atom. The zero-order chi connectivity index (χ0) is 24.3. The lowest BCUT2D eigenvalue weighted by molar-refractivity contribution is -0.157. The predicted molar refractivity (Wildman–Crippen MR) is 134 cm³/mol. The van der Waals surface area contributed by atoms with Gasteiger partial charge in [0.1, 0.15) is 11.6 Å². The standard InChI is InChI=1S/C26H40N2O4S/c1-20(29)33-18-17-28(16-15-21-11-7-5-8-12-21)25(31)27-23(24(30)32-26(2,3)4)19-22-13-9-6-10-14-22/h6,9-10,13-14,21,23H,5,7-8,11-12,15-19H2,1-4H3,(H,27,31)/t23-/m0/s1. The minimum atomic E-state index is -0.781. The summed E-state index contributed by atoms with van der Waals surface area (Å²) >= 11 is 1.22. The van der Waals surface area contributed by atoms with Gasteiger partial charge >= 0.3 is 12.0 Å². The predicted octanol–water partition coefficient (Wildman–Crippen LogP) is 5.20. The van der Waals surface area contributed by atoms with Gasteiger partial charge in [-0.25, -0.2) is 9.59 Å². The van der Waals surface area contributed by atoms with Crippen LogP contribution in [0.5, 0.6) is 0 Å². The Balaban J connectivity index is 2.08. The van der Waals surface area contributed by atoms with E-state index in [0.29, 0.717) is 31.2 Å². The van der Waals surface area contributed by atoms with Crippen molar-refractivity contribution in [1.82, 2.24) is 10.2 Å². The third-order valence-corrected chi connectivity index (χ3v) is 6.55. The SMILES string of the molecule is CC(=O)SCCN(CCC1CCCCC1)C(=O)N[C@@H](Cc1ccccc1)C(=O)OC(C)(C)C. The number of carbonyl (C=O) groups is 3. The van der Waals surface area contributed by atoms with Crippen LogP contribution in [0, 0.1) is 5.92 Å². The average Bonchev–Trinajstić information content (AvgIpc) is 2.75. The molecule has 1 aliphatic carbocycles. The van der Waals surface area contributed by atoms with Crippen LogP contribution >= 0.6 is 11.8 Å². The first-order valence-corrected chi connectivity index (χ1v) is 13.1. The molecule has 1 fully saturated rings. The number of hydrogen-bond donors (Lipinski definition) is 1. The van der Waals surface area contributed by atoms with Gasteiger partial charge in [-0.15, -0.1) is 0 Å². The summed E-state index contributed by atoms with van der Waals surface area (Å²) in [6.45, 7) is 8.09. The number of rotatable bonds is 10. The van der Waals surface area contributed by atoms with E-state index in [1.807, 2.05) is 51.1 Å². The quantitative estimate of drug-likeness (QED) is 0.470. The van der Waals surface area contributed by atoms with E-state index < -0.39 is 17.6 Å². The minimum Gasteiger partial charge on any atom is -0.458 e. The van der Waals surface area contributed by atoms with Crippen molar-refractivity contribution in [3.63, 3.8) is 0 Å². The first-order valence-electron chi connectivity index (χ1n) is 12.1. The number of nitrogens with zero attached hydrogens (tertiary/aromatic N) is 1. The van der Waals surface area contributed by atoms with Crippen LogP contribution < -0.4 is 5.32 Å². The molecule has 2 amide bonds. The molecule has 7 heteroatoms. The number of benzene rings is 1. The van der Waals surface area contributed by atoms with Crippen molar-refractivity contribution in [2.24, 2.45) is 5.92 Å². The summed E-state index contributed by atoms with van der Waals surface area (Å²) in [5.41, 5.74) is 0.310. The van der Waals surface area contributed by atoms with Gasteiger partial charge in [0, 0.05) is 32.2 Å². The fraction of sp³-hybridized carbons (Fsp3) is 0.654. The van der Waals surface area contributed by atoms with Crippen LogP contribution in [-0.4, -0.2) is 52.5 Å². The maximum absolute atomic E-state index is 13.3. The van der Waals surface area contributed by atoms with E-state index in [1.54, 1.807) is 4.90 Å². The molecule has 0 radical (unpaired) electrons. The highest BCUT2D eigenvalue weighted by Crippen LogP contribution is 2.26. The van der Waals surface area contributed by atoms with E-state index in [2.05, 4.69) is 5.32 Å². The van der Waals surface area contributed by atoms with Crippen LogP contribution in [0.1, 0.15) is 71.8 Å². The van der Waals surface area contributed by atoms with Crippen molar-refractivity contribution >= 4 is 28.9 Å². The summed E-state index contributed by atoms with van der Waals surface area (Å²) in [6, 6.07) is 8.57. The number of ether oxygens (including phenoxy) is 1. The third-order valence-electron chi connectivity index (χ3n) is 5.76. The van der Waals surface area contributed by atoms with Crippen molar-refractivity contribution in [2.45, 2.75) is 84.3 Å². The molecule has 1 saturated carbocycles. The smallest absolute Gasteiger partial charge is 0.329 e. The molecule has 0 spiro atoms. The fourth-order valence-corrected chi connectivity index (χ4v) is 4.68. The summed E-state index contributed by atoms with van der Waals surface area (Å²) in [6.07, 6.45) is 7.56. The molecule has 1 aromatic rings. The molecule has 0 unspecified atom stereocenters. The Bertz CT molecular complexity index is 757. The highest BCUT2D eigenvalue weighted by molar-refractivity contribution is 8.13. The lowest BCUT2D eigenvalue weighted by atomic mass is 9.87. The van der Waals surface area contributed by atoms with Crippen molar-refractivity contribution in [3.8, 4) is 0 Å². The van der Waals surface area contributed by atoms with E-state index in [9.17, 15) is 14.4 Å². The van der Waals surface area contributed by atoms with E-state index in [-0.39, 0.29) is 11.1 Å². The number of carbonyl (C=O) groups excluding carboxylic acids is 3. The summed E-state index contributed by atoms with van der Waals surface area (Å²) < 4.78 is 5.60. The van der Waals surface area contributed by atoms with Crippen molar-refractivity contribution in [1.29, 1.82) is 0 Å². The maximum Gasteiger partial charge on any atom is 0.329 e. The summed E-state index contributed by atoms with van der Waals surface area (Å²) in [7, 11) is 0. The van der Waals surface area contributed by atoms with Gasteiger partial charge in [-0.2, -0.15) is 0 Å². The Morgan fingerprint density at radius 2 is 1.76 bits per heavy atom. The minimum absolute atomic E-state index is 0.0401. The second-order valence-corrected chi connectivity index (χ2v) is 11.1. The topological polar surface area (TPSA) is 75.7 Å². The van der Waals surface area contributed by atoms with Gasteiger partial charge < -0.3 is 15.0 Å². The van der Waals surface area contributed by atoms with E-state index in [0.717, 1.165) is 12.0 Å². The molecule has 0 aliphatic heterocycles. The highest BCUT2D eigenvalue weighted by Gasteiger charge is 2.29. The van der Waals surface area contributed by atoms with E-state index in [1.165, 1.54) is 50.8 Å². The molecule has 6 nitrogen and oxygen atoms in total. The molecular formula is C26H40N2O4S. The Kier molecular flexibility index (Phi) is 11.2. The number of amides is 2. The molecule has 0 heterocycles. The lowest BCUT2D eigenvalue weighted by Gasteiger charge is -2.30. The molecule has 184 valence electrons. The number of thioether (sulfide) groups is 1. The normalized spacial score (nSPS) is 15.5.